The van der Waals surface area contributed by atoms with E-state index < -0.39 is 0 Å². The number of H-pyrrole nitrogens is 1. The van der Waals surface area contributed by atoms with Gasteiger partial charge in [0.25, 0.3) is 5.56 Å². The Kier molecular flexibility index (Phi) is 5.89. The Hall–Kier alpha value is -1.98. The number of hydrogen-bond acceptors (Lipinski definition) is 4. The van der Waals surface area contributed by atoms with Gasteiger partial charge in [0.1, 0.15) is 10.7 Å². The van der Waals surface area contributed by atoms with E-state index >= 15 is 0 Å². The monoisotopic (exact) mass is 369 g/mol. The van der Waals surface area contributed by atoms with Crippen LogP contribution >= 0.6 is 11.3 Å². The quantitative estimate of drug-likeness (QED) is 0.666. The first-order valence-electron chi connectivity index (χ1n) is 9.21. The van der Waals surface area contributed by atoms with Gasteiger partial charge < -0.3 is 4.98 Å². The molecule has 1 aromatic carbocycles. The number of benzene rings is 1. The molecule has 1 atom stereocenters. The zero-order valence-corrected chi connectivity index (χ0v) is 16.8. The molecule has 0 fully saturated rings. The highest BCUT2D eigenvalue weighted by molar-refractivity contribution is 7.18. The van der Waals surface area contributed by atoms with E-state index in [0.717, 1.165) is 35.4 Å². The van der Waals surface area contributed by atoms with Crippen molar-refractivity contribution < 1.29 is 0 Å². The molecule has 0 spiro atoms. The van der Waals surface area contributed by atoms with Gasteiger partial charge in [-0.1, -0.05) is 50.6 Å². The van der Waals surface area contributed by atoms with E-state index in [4.69, 9.17) is 4.98 Å². The van der Waals surface area contributed by atoms with Crippen LogP contribution in [0.4, 0.5) is 0 Å². The van der Waals surface area contributed by atoms with Gasteiger partial charge in [-0.15, -0.1) is 11.3 Å². The summed E-state index contributed by atoms with van der Waals surface area (Å²) in [5.41, 5.74) is 2.43. The standard InChI is InChI=1S/C21H27N3OS/c1-5-14(2)11-17-15(3)26-21-19(17)20(25)22-18(23-21)13-24(4)12-16-9-7-6-8-10-16/h6-10,14H,5,11-13H2,1-4H3,(H,22,23,25)/t14-/m1/s1. The molecule has 0 radical (unpaired) electrons. The van der Waals surface area contributed by atoms with Gasteiger partial charge in [-0.05, 0) is 37.4 Å². The van der Waals surface area contributed by atoms with Crippen molar-refractivity contribution in [1.82, 2.24) is 14.9 Å². The highest BCUT2D eigenvalue weighted by Gasteiger charge is 2.17. The molecule has 2 aromatic heterocycles. The topological polar surface area (TPSA) is 49.0 Å². The van der Waals surface area contributed by atoms with E-state index in [-0.39, 0.29) is 5.56 Å². The number of aromatic nitrogens is 2. The Bertz CT molecular complexity index is 930. The fraction of sp³-hybridized carbons (Fsp3) is 0.429. The number of nitrogens with zero attached hydrogens (tertiary/aromatic N) is 2. The Labute approximate surface area is 158 Å². The number of fused-ring (bicyclic) bond motifs is 1. The highest BCUT2D eigenvalue weighted by atomic mass is 32.1. The first-order chi connectivity index (χ1) is 12.5. The van der Waals surface area contributed by atoms with E-state index in [1.807, 2.05) is 25.2 Å². The number of aryl methyl sites for hydroxylation is 1. The third-order valence-electron chi connectivity index (χ3n) is 4.88. The average molecular weight is 370 g/mol. The van der Waals surface area contributed by atoms with Crippen LogP contribution in [0.2, 0.25) is 0 Å². The predicted octanol–water partition coefficient (Wildman–Crippen LogP) is 4.51. The minimum Gasteiger partial charge on any atom is -0.309 e. The lowest BCUT2D eigenvalue weighted by molar-refractivity contribution is 0.311. The van der Waals surface area contributed by atoms with Crippen LogP contribution in [-0.4, -0.2) is 21.9 Å². The van der Waals surface area contributed by atoms with Crippen molar-refractivity contribution in [3.05, 3.63) is 62.5 Å². The molecule has 2 heterocycles. The van der Waals surface area contributed by atoms with Crippen molar-refractivity contribution in [2.45, 2.75) is 46.7 Å². The minimum atomic E-state index is 0.000708. The Morgan fingerprint density at radius 3 is 2.65 bits per heavy atom. The first kappa shape index (κ1) is 18.8. The Balaban J connectivity index is 1.84. The third-order valence-corrected chi connectivity index (χ3v) is 5.92. The molecule has 0 aliphatic heterocycles. The van der Waals surface area contributed by atoms with Gasteiger partial charge in [0, 0.05) is 11.4 Å². The summed E-state index contributed by atoms with van der Waals surface area (Å²) < 4.78 is 0. The minimum absolute atomic E-state index is 0.000708. The second-order valence-corrected chi connectivity index (χ2v) is 8.41. The molecule has 0 aliphatic rings. The van der Waals surface area contributed by atoms with Crippen LogP contribution in [-0.2, 0) is 19.5 Å². The highest BCUT2D eigenvalue weighted by Crippen LogP contribution is 2.29. The van der Waals surface area contributed by atoms with Gasteiger partial charge in [-0.25, -0.2) is 4.98 Å². The van der Waals surface area contributed by atoms with E-state index in [2.05, 4.69) is 42.8 Å². The molecule has 5 heteroatoms. The van der Waals surface area contributed by atoms with Crippen molar-refractivity contribution in [1.29, 1.82) is 0 Å². The lowest BCUT2D eigenvalue weighted by Gasteiger charge is -2.16. The predicted molar refractivity (Wildman–Crippen MR) is 110 cm³/mol. The number of nitrogens with one attached hydrogen (secondary N) is 1. The fourth-order valence-corrected chi connectivity index (χ4v) is 4.31. The number of aromatic amines is 1. The van der Waals surface area contributed by atoms with Crippen LogP contribution in [0.3, 0.4) is 0 Å². The summed E-state index contributed by atoms with van der Waals surface area (Å²) in [7, 11) is 2.05. The average Bonchev–Trinajstić information content (AvgIpc) is 2.91. The number of rotatable bonds is 7. The van der Waals surface area contributed by atoms with Crippen molar-refractivity contribution in [2.75, 3.05) is 7.05 Å². The van der Waals surface area contributed by atoms with E-state index in [0.29, 0.717) is 12.5 Å². The normalized spacial score (nSPS) is 12.8. The maximum Gasteiger partial charge on any atom is 0.259 e. The fourth-order valence-electron chi connectivity index (χ4n) is 3.24. The van der Waals surface area contributed by atoms with E-state index in [9.17, 15) is 4.79 Å². The molecule has 0 bridgehead atoms. The van der Waals surface area contributed by atoms with Gasteiger partial charge >= 0.3 is 0 Å². The van der Waals surface area contributed by atoms with Crippen molar-refractivity contribution in [3.63, 3.8) is 0 Å². The second kappa shape index (κ2) is 8.14. The lowest BCUT2D eigenvalue weighted by atomic mass is 9.98. The maximum absolute atomic E-state index is 12.7. The molecule has 0 unspecified atom stereocenters. The summed E-state index contributed by atoms with van der Waals surface area (Å²) >= 11 is 1.64. The smallest absolute Gasteiger partial charge is 0.259 e. The van der Waals surface area contributed by atoms with E-state index in [1.54, 1.807) is 11.3 Å². The summed E-state index contributed by atoms with van der Waals surface area (Å²) in [6.45, 7) is 7.98. The maximum atomic E-state index is 12.7. The molecular weight excluding hydrogens is 342 g/mol. The SMILES string of the molecule is CC[C@@H](C)Cc1c(C)sc2nc(CN(C)Cc3ccccc3)[nH]c(=O)c12. The number of thiophene rings is 1. The summed E-state index contributed by atoms with van der Waals surface area (Å²) in [6, 6.07) is 10.3. The molecule has 138 valence electrons. The van der Waals surface area contributed by atoms with Gasteiger partial charge in [-0.3, -0.25) is 9.69 Å². The molecule has 3 rings (SSSR count). The number of hydrogen-bond donors (Lipinski definition) is 1. The molecule has 3 aromatic rings. The van der Waals surface area contributed by atoms with Crippen LogP contribution in [0, 0.1) is 12.8 Å². The molecule has 4 nitrogen and oxygen atoms in total. The Morgan fingerprint density at radius 1 is 1.23 bits per heavy atom. The van der Waals surface area contributed by atoms with Crippen molar-refractivity contribution in [2.24, 2.45) is 5.92 Å². The van der Waals surface area contributed by atoms with Crippen molar-refractivity contribution in [3.8, 4) is 0 Å². The zero-order chi connectivity index (χ0) is 18.7. The van der Waals surface area contributed by atoms with Gasteiger partial charge in [0.05, 0.1) is 11.9 Å². The van der Waals surface area contributed by atoms with E-state index in [1.165, 1.54) is 16.0 Å². The van der Waals surface area contributed by atoms with Gasteiger partial charge in [0.15, 0.2) is 0 Å². The van der Waals surface area contributed by atoms with Gasteiger partial charge in [-0.2, -0.15) is 0 Å². The van der Waals surface area contributed by atoms with Crippen LogP contribution in [0.25, 0.3) is 10.2 Å². The van der Waals surface area contributed by atoms with Crippen molar-refractivity contribution >= 4 is 21.6 Å². The molecule has 0 saturated heterocycles. The third kappa shape index (κ3) is 4.22. The first-order valence-corrected chi connectivity index (χ1v) is 10.0. The molecule has 0 saturated carbocycles. The summed E-state index contributed by atoms with van der Waals surface area (Å²) in [6.07, 6.45) is 2.06. The summed E-state index contributed by atoms with van der Waals surface area (Å²) in [5.74, 6) is 1.31. The Morgan fingerprint density at radius 2 is 1.96 bits per heavy atom. The van der Waals surface area contributed by atoms with Crippen LogP contribution in [0.15, 0.2) is 35.1 Å². The zero-order valence-electron chi connectivity index (χ0n) is 16.0. The molecule has 0 amide bonds. The second-order valence-electron chi connectivity index (χ2n) is 7.21. The molecule has 1 N–H and O–H groups in total. The summed E-state index contributed by atoms with van der Waals surface area (Å²) in [4.78, 5) is 24.8. The lowest BCUT2D eigenvalue weighted by Crippen LogP contribution is -2.21. The largest absolute Gasteiger partial charge is 0.309 e. The molecule has 0 aliphatic carbocycles. The van der Waals surface area contributed by atoms with Crippen LogP contribution < -0.4 is 5.56 Å². The van der Waals surface area contributed by atoms with Gasteiger partial charge in [0.2, 0.25) is 0 Å². The molecule has 26 heavy (non-hydrogen) atoms. The summed E-state index contributed by atoms with van der Waals surface area (Å²) in [5, 5.41) is 0.794. The molecular formula is C21H27N3OS. The van der Waals surface area contributed by atoms with Crippen LogP contribution in [0.5, 0.6) is 0 Å². The van der Waals surface area contributed by atoms with Crippen LogP contribution in [0.1, 0.15) is 42.1 Å².